The molecule has 0 saturated heterocycles. The Morgan fingerprint density at radius 1 is 1.12 bits per heavy atom. The third kappa shape index (κ3) is 25.2. The highest BCUT2D eigenvalue weighted by Gasteiger charge is 2.22. The summed E-state index contributed by atoms with van der Waals surface area (Å²) in [6, 6.07) is -2.01. The van der Waals surface area contributed by atoms with E-state index in [0.29, 0.717) is 25.8 Å². The molecule has 0 aliphatic carbocycles. The second-order valence-electron chi connectivity index (χ2n) is 8.15. The van der Waals surface area contributed by atoms with Crippen LogP contribution in [-0.4, -0.2) is 75.9 Å². The molecule has 0 aliphatic rings. The number of aromatic nitrogens is 2. The molecule has 4 amide bonds. The molecule has 1 aromatic rings. The van der Waals surface area contributed by atoms with Crippen LogP contribution in [0.5, 0.6) is 0 Å². The number of aliphatic imine (C=N–C) groups is 1. The first-order chi connectivity index (χ1) is 18.7. The number of hydrogen-bond donors (Lipinski definition) is 9. The molecule has 0 unspecified atom stereocenters. The van der Waals surface area contributed by atoms with Gasteiger partial charge in [0.2, 0.25) is 17.7 Å². The predicted octanol–water partition coefficient (Wildman–Crippen LogP) is -1.72. The van der Waals surface area contributed by atoms with Crippen LogP contribution in [0.1, 0.15) is 64.7 Å². The van der Waals surface area contributed by atoms with Gasteiger partial charge in [-0.1, -0.05) is 19.0 Å². The molecular weight excluding hydrogens is 528 g/mol. The number of nitrogens with zero attached hydrogens (tertiary/aromatic N) is 3. The number of carboxylic acids is 1. The van der Waals surface area contributed by atoms with Crippen LogP contribution in [0.4, 0.5) is 4.79 Å². The first-order valence-corrected chi connectivity index (χ1v) is 12.1. The van der Waals surface area contributed by atoms with Crippen LogP contribution < -0.4 is 38.9 Å². The van der Waals surface area contributed by atoms with Crippen LogP contribution >= 0.6 is 0 Å². The van der Waals surface area contributed by atoms with Crippen molar-refractivity contribution in [2.24, 2.45) is 33.8 Å². The number of carbonyl (C=O) groups is 4. The van der Waals surface area contributed by atoms with Gasteiger partial charge in [-0.3, -0.25) is 19.4 Å². The highest BCUT2D eigenvalue weighted by molar-refractivity contribution is 5.88. The van der Waals surface area contributed by atoms with E-state index in [2.05, 4.69) is 49.7 Å². The third-order valence-electron chi connectivity index (χ3n) is 3.93. The number of nitrogens with one attached hydrogen (secondary N) is 3. The van der Waals surface area contributed by atoms with Crippen molar-refractivity contribution in [3.63, 3.8) is 0 Å². The van der Waals surface area contributed by atoms with E-state index in [0.717, 1.165) is 0 Å². The van der Waals surface area contributed by atoms with Gasteiger partial charge in [0.15, 0.2) is 11.8 Å². The Bertz CT molecular complexity index is 911. The minimum Gasteiger partial charge on any atom is -0.480 e. The molecule has 40 heavy (non-hydrogen) atoms. The zero-order valence-corrected chi connectivity index (χ0v) is 23.4. The van der Waals surface area contributed by atoms with Gasteiger partial charge in [0, 0.05) is 20.1 Å². The van der Waals surface area contributed by atoms with E-state index in [4.69, 9.17) is 31.9 Å². The molecule has 0 radical (unpaired) electrons. The predicted molar refractivity (Wildman–Crippen MR) is 148 cm³/mol. The third-order valence-corrected chi connectivity index (χ3v) is 3.93. The molecule has 0 fully saturated rings. The fraction of sp³-hybridized carbons (Fsp3) is 0.609. The summed E-state index contributed by atoms with van der Waals surface area (Å²) in [5.41, 5.74) is 21.0. The lowest BCUT2D eigenvalue weighted by Gasteiger charge is -2.19. The van der Waals surface area contributed by atoms with Crippen molar-refractivity contribution in [2.45, 2.75) is 65.6 Å². The number of guanidine groups is 1. The van der Waals surface area contributed by atoms with Gasteiger partial charge in [-0.25, -0.2) is 4.79 Å². The van der Waals surface area contributed by atoms with Crippen LogP contribution in [0.25, 0.3) is 0 Å². The van der Waals surface area contributed by atoms with Crippen molar-refractivity contribution in [1.29, 1.82) is 0 Å². The molecule has 1 rings (SSSR count). The molecular formula is C23H44N10O7. The Labute approximate surface area is 233 Å². The van der Waals surface area contributed by atoms with Crippen molar-refractivity contribution < 1.29 is 33.9 Å². The van der Waals surface area contributed by atoms with Crippen LogP contribution in [-0.2, 0) is 20.9 Å². The first kappa shape index (κ1) is 40.1. The van der Waals surface area contributed by atoms with Gasteiger partial charge in [0.25, 0.3) is 0 Å². The zero-order chi connectivity index (χ0) is 31.7. The van der Waals surface area contributed by atoms with E-state index >= 15 is 0 Å². The van der Waals surface area contributed by atoms with Gasteiger partial charge >= 0.3 is 12.0 Å². The van der Waals surface area contributed by atoms with Crippen molar-refractivity contribution in [3.8, 4) is 12.8 Å². The second-order valence-corrected chi connectivity index (χ2v) is 8.15. The minimum absolute atomic E-state index is 0.00905. The molecule has 0 aromatic carbocycles. The van der Waals surface area contributed by atoms with Gasteiger partial charge in [-0.15, -0.1) is 12.8 Å². The maximum Gasteiger partial charge on any atom is 0.322 e. The molecule has 228 valence electrons. The van der Waals surface area contributed by atoms with Crippen LogP contribution in [0.3, 0.4) is 0 Å². The molecule has 1 heterocycles. The van der Waals surface area contributed by atoms with Crippen LogP contribution in [0.2, 0.25) is 0 Å². The van der Waals surface area contributed by atoms with Crippen LogP contribution in [0.15, 0.2) is 9.52 Å². The van der Waals surface area contributed by atoms with Crippen LogP contribution in [0, 0.1) is 18.8 Å². The van der Waals surface area contributed by atoms with E-state index in [1.165, 1.54) is 6.92 Å². The highest BCUT2D eigenvalue weighted by Crippen LogP contribution is 2.12. The topological polar surface area (TPSA) is 300 Å². The van der Waals surface area contributed by atoms with Gasteiger partial charge in [0.1, 0.15) is 12.6 Å². The fourth-order valence-corrected chi connectivity index (χ4v) is 2.49. The molecule has 0 bridgehead atoms. The molecule has 13 N–H and O–H groups in total. The quantitative estimate of drug-likeness (QED) is 0.0551. The lowest BCUT2D eigenvalue weighted by Crippen LogP contribution is -2.51. The summed E-state index contributed by atoms with van der Waals surface area (Å²) in [6.45, 7) is 6.80. The number of carbonyl (C=O) groups excluding carboxylic acids is 3. The van der Waals surface area contributed by atoms with E-state index in [9.17, 15) is 19.2 Å². The van der Waals surface area contributed by atoms with Crippen molar-refractivity contribution >= 4 is 29.8 Å². The SMILES string of the molecule is C#C.CC(C)C[C@H](NC(=O)NCc1nc([C@@H](N)CCCN=C(N)N)no1)C(=O)NCC(=O)O.CC(N)=O.CCO. The second kappa shape index (κ2) is 24.9. The number of primary amides is 1. The Balaban J connectivity index is -0.00000134. The largest absolute Gasteiger partial charge is 0.480 e. The standard InChI is InChI=1S/C17H31N9O5.C2H5NO.C2H6O.C2H2/c1-9(2)6-11(15(29)22-8-13(27)28)24-17(30)23-7-12-25-14(26-31-12)10(18)4-3-5-21-16(19)20;1-2(3)4;1-2-3;1-2/h9-11H,3-8,18H2,1-2H3,(H,22,29)(H,27,28)(H4,19,20,21)(H2,23,24,30);1H3,(H2,3,4);3H,2H2,1H3;1-2H/t10-,11-;;;/m0.../s1. The first-order valence-electron chi connectivity index (χ1n) is 12.1. The summed E-state index contributed by atoms with van der Waals surface area (Å²) >= 11 is 0. The number of amides is 4. The van der Waals surface area contributed by atoms with Gasteiger partial charge in [-0.05, 0) is 32.1 Å². The average Bonchev–Trinajstić information content (AvgIpc) is 3.33. The Kier molecular flexibility index (Phi) is 24.9. The van der Waals surface area contributed by atoms with Crippen molar-refractivity contribution in [1.82, 2.24) is 26.1 Å². The number of hydrogen-bond acceptors (Lipinski definition) is 10. The lowest BCUT2D eigenvalue weighted by atomic mass is 10.0. The number of rotatable bonds is 13. The minimum atomic E-state index is -1.18. The summed E-state index contributed by atoms with van der Waals surface area (Å²) in [5, 5.41) is 27.3. The van der Waals surface area contributed by atoms with Gasteiger partial charge < -0.3 is 53.6 Å². The van der Waals surface area contributed by atoms with Gasteiger partial charge in [0.05, 0.1) is 12.6 Å². The summed E-state index contributed by atoms with van der Waals surface area (Å²) < 4.78 is 5.07. The Morgan fingerprint density at radius 3 is 2.15 bits per heavy atom. The number of aliphatic hydroxyl groups excluding tert-OH is 1. The van der Waals surface area contributed by atoms with Gasteiger partial charge in [-0.2, -0.15) is 4.98 Å². The summed E-state index contributed by atoms with van der Waals surface area (Å²) in [5.74, 6) is -1.57. The van der Waals surface area contributed by atoms with E-state index in [1.807, 2.05) is 13.8 Å². The number of carboxylic acid groups (broad SMARTS) is 1. The van der Waals surface area contributed by atoms with E-state index in [1.54, 1.807) is 6.92 Å². The summed E-state index contributed by atoms with van der Waals surface area (Å²) in [4.78, 5) is 52.1. The smallest absolute Gasteiger partial charge is 0.322 e. The maximum atomic E-state index is 12.2. The van der Waals surface area contributed by atoms with E-state index < -0.39 is 36.5 Å². The average molecular weight is 573 g/mol. The lowest BCUT2D eigenvalue weighted by molar-refractivity contribution is -0.138. The summed E-state index contributed by atoms with van der Waals surface area (Å²) in [7, 11) is 0. The number of nitrogens with two attached hydrogens (primary N) is 4. The highest BCUT2D eigenvalue weighted by atomic mass is 16.5. The summed E-state index contributed by atoms with van der Waals surface area (Å²) in [6.07, 6.45) is 9.50. The maximum absolute atomic E-state index is 12.2. The zero-order valence-electron chi connectivity index (χ0n) is 23.4. The number of aliphatic carboxylic acids is 1. The van der Waals surface area contributed by atoms with Crippen molar-refractivity contribution in [3.05, 3.63) is 11.7 Å². The normalized spacial score (nSPS) is 10.9. The molecule has 2 atom stereocenters. The molecule has 17 nitrogen and oxygen atoms in total. The number of terminal acetylenes is 1. The molecule has 0 spiro atoms. The Morgan fingerprint density at radius 2 is 1.68 bits per heavy atom. The fourth-order valence-electron chi connectivity index (χ4n) is 2.49. The molecule has 17 heteroatoms. The molecule has 0 aliphatic heterocycles. The van der Waals surface area contributed by atoms with Crippen molar-refractivity contribution in [2.75, 3.05) is 19.7 Å². The molecule has 1 aromatic heterocycles. The number of aliphatic hydroxyl groups is 1. The molecule has 0 saturated carbocycles. The van der Waals surface area contributed by atoms with E-state index in [-0.39, 0.29) is 42.7 Å². The number of urea groups is 1. The Hall–Kier alpha value is -4.43. The monoisotopic (exact) mass is 572 g/mol.